The molecular weight excluding hydrogens is 256 g/mol. The highest BCUT2D eigenvalue weighted by atomic mass is 16.5. The third-order valence-corrected chi connectivity index (χ3v) is 3.41. The summed E-state index contributed by atoms with van der Waals surface area (Å²) in [5.74, 6) is 0.0557. The summed E-state index contributed by atoms with van der Waals surface area (Å²) in [5, 5.41) is 2.85. The van der Waals surface area contributed by atoms with E-state index in [0.29, 0.717) is 11.4 Å². The van der Waals surface area contributed by atoms with E-state index in [1.165, 1.54) is 13.3 Å². The molecule has 1 atom stereocenters. The Morgan fingerprint density at radius 3 is 2.85 bits per heavy atom. The molecule has 1 saturated heterocycles. The van der Waals surface area contributed by atoms with Gasteiger partial charge in [-0.3, -0.25) is 4.79 Å². The van der Waals surface area contributed by atoms with Crippen molar-refractivity contribution in [2.45, 2.75) is 39.2 Å². The number of piperidine rings is 1. The van der Waals surface area contributed by atoms with E-state index in [-0.39, 0.29) is 18.0 Å². The van der Waals surface area contributed by atoms with Crippen LogP contribution < -0.4 is 10.1 Å². The minimum atomic E-state index is -0.377. The van der Waals surface area contributed by atoms with Crippen LogP contribution >= 0.6 is 0 Å². The summed E-state index contributed by atoms with van der Waals surface area (Å²) in [5.41, 5.74) is 0.631. The van der Waals surface area contributed by atoms with Gasteiger partial charge in [-0.25, -0.2) is 4.79 Å². The van der Waals surface area contributed by atoms with Crippen molar-refractivity contribution in [3.05, 3.63) is 24.3 Å². The predicted molar refractivity (Wildman–Crippen MR) is 76.8 cm³/mol. The Morgan fingerprint density at radius 2 is 2.15 bits per heavy atom. The molecule has 0 radical (unpaired) electrons. The number of nitrogens with zero attached hydrogens (tertiary/aromatic N) is 1. The normalized spacial score (nSPS) is 18.5. The Bertz CT molecular complexity index is 502. The van der Waals surface area contributed by atoms with E-state index in [1.807, 2.05) is 4.90 Å². The van der Waals surface area contributed by atoms with Gasteiger partial charge < -0.3 is 15.0 Å². The van der Waals surface area contributed by atoms with Crippen LogP contribution in [-0.2, 0) is 4.79 Å². The van der Waals surface area contributed by atoms with Crippen LogP contribution in [-0.4, -0.2) is 29.5 Å². The lowest BCUT2D eigenvalue weighted by Gasteiger charge is -2.33. The Balaban J connectivity index is 2.01. The molecule has 1 aliphatic rings. The zero-order valence-electron chi connectivity index (χ0n) is 11.9. The number of urea groups is 1. The summed E-state index contributed by atoms with van der Waals surface area (Å²) in [7, 11) is 0. The van der Waals surface area contributed by atoms with E-state index >= 15 is 0 Å². The lowest BCUT2D eigenvalue weighted by molar-refractivity contribution is -0.131. The maximum Gasteiger partial charge on any atom is 0.322 e. The van der Waals surface area contributed by atoms with Crippen molar-refractivity contribution < 1.29 is 14.3 Å². The van der Waals surface area contributed by atoms with Gasteiger partial charge in [0.25, 0.3) is 0 Å². The number of likely N-dealkylation sites (tertiary alicyclic amines) is 1. The maximum atomic E-state index is 12.2. The van der Waals surface area contributed by atoms with Crippen LogP contribution in [0.3, 0.4) is 0 Å². The molecule has 0 aliphatic carbocycles. The molecule has 2 amide bonds. The Labute approximate surface area is 118 Å². The van der Waals surface area contributed by atoms with Crippen LogP contribution in [0.15, 0.2) is 24.3 Å². The number of carbonyl (C=O) groups excluding carboxylic acids is 2. The molecule has 20 heavy (non-hydrogen) atoms. The van der Waals surface area contributed by atoms with Crippen LogP contribution in [0.1, 0.15) is 33.1 Å². The number of hydrogen-bond acceptors (Lipinski definition) is 3. The number of amides is 2. The lowest BCUT2D eigenvalue weighted by atomic mass is 10.0. The number of nitrogens with one attached hydrogen (secondary N) is 1. The Morgan fingerprint density at radius 1 is 1.35 bits per heavy atom. The first-order valence-electron chi connectivity index (χ1n) is 6.92. The van der Waals surface area contributed by atoms with Gasteiger partial charge >= 0.3 is 12.0 Å². The molecule has 1 aliphatic heterocycles. The molecule has 1 aromatic carbocycles. The number of esters is 1. The second kappa shape index (κ2) is 6.41. The van der Waals surface area contributed by atoms with Crippen LogP contribution in [0.5, 0.6) is 5.75 Å². The number of rotatable bonds is 2. The van der Waals surface area contributed by atoms with Crippen molar-refractivity contribution in [3.8, 4) is 5.75 Å². The molecule has 0 bridgehead atoms. The average Bonchev–Trinajstić information content (AvgIpc) is 2.38. The minimum absolute atomic E-state index is 0.0998. The van der Waals surface area contributed by atoms with Crippen LogP contribution in [0.2, 0.25) is 0 Å². The Hall–Kier alpha value is -2.04. The summed E-state index contributed by atoms with van der Waals surface area (Å²) < 4.78 is 5.00. The zero-order chi connectivity index (χ0) is 14.5. The second-order valence-electron chi connectivity index (χ2n) is 5.09. The monoisotopic (exact) mass is 276 g/mol. The van der Waals surface area contributed by atoms with Gasteiger partial charge in [0.05, 0.1) is 0 Å². The van der Waals surface area contributed by atoms with Gasteiger partial charge in [0.2, 0.25) is 0 Å². The number of hydrogen-bond donors (Lipinski definition) is 1. The fourth-order valence-corrected chi connectivity index (χ4v) is 2.40. The van der Waals surface area contributed by atoms with Crippen molar-refractivity contribution in [2.75, 3.05) is 11.9 Å². The van der Waals surface area contributed by atoms with Gasteiger partial charge in [-0.15, -0.1) is 0 Å². The topological polar surface area (TPSA) is 58.6 Å². The second-order valence-corrected chi connectivity index (χ2v) is 5.09. The van der Waals surface area contributed by atoms with Gasteiger partial charge in [-0.1, -0.05) is 6.07 Å². The molecule has 1 fully saturated rings. The summed E-state index contributed by atoms with van der Waals surface area (Å²) in [6.07, 6.45) is 3.26. The first-order valence-corrected chi connectivity index (χ1v) is 6.92. The minimum Gasteiger partial charge on any atom is -0.427 e. The van der Waals surface area contributed by atoms with E-state index in [2.05, 4.69) is 12.2 Å². The highest BCUT2D eigenvalue weighted by Crippen LogP contribution is 2.20. The number of ether oxygens (including phenoxy) is 1. The van der Waals surface area contributed by atoms with Gasteiger partial charge in [-0.2, -0.15) is 0 Å². The van der Waals surface area contributed by atoms with Crippen LogP contribution in [0.4, 0.5) is 10.5 Å². The summed E-state index contributed by atoms with van der Waals surface area (Å²) in [6.45, 7) is 4.20. The standard InChI is InChI=1S/C15H20N2O3/c1-11-6-3-4-9-17(11)15(19)16-13-7-5-8-14(10-13)20-12(2)18/h5,7-8,10-11H,3-4,6,9H2,1-2H3,(H,16,19). The molecule has 1 aromatic rings. The quantitative estimate of drug-likeness (QED) is 0.667. The largest absolute Gasteiger partial charge is 0.427 e. The molecule has 1 unspecified atom stereocenters. The third-order valence-electron chi connectivity index (χ3n) is 3.41. The van der Waals surface area contributed by atoms with E-state index in [9.17, 15) is 9.59 Å². The first kappa shape index (κ1) is 14.4. The van der Waals surface area contributed by atoms with Crippen molar-refractivity contribution in [1.82, 2.24) is 4.90 Å². The molecule has 0 spiro atoms. The van der Waals surface area contributed by atoms with Gasteiger partial charge in [0, 0.05) is 31.3 Å². The number of carbonyl (C=O) groups is 2. The smallest absolute Gasteiger partial charge is 0.322 e. The average molecular weight is 276 g/mol. The van der Waals surface area contributed by atoms with E-state index in [0.717, 1.165) is 19.4 Å². The fraction of sp³-hybridized carbons (Fsp3) is 0.467. The molecule has 108 valence electrons. The molecule has 5 nitrogen and oxygen atoms in total. The molecule has 1 heterocycles. The van der Waals surface area contributed by atoms with Gasteiger partial charge in [0.1, 0.15) is 5.75 Å². The van der Waals surface area contributed by atoms with E-state index < -0.39 is 0 Å². The molecule has 1 N–H and O–H groups in total. The Kier molecular flexibility index (Phi) is 4.61. The predicted octanol–water partition coefficient (Wildman–Crippen LogP) is 3.02. The van der Waals surface area contributed by atoms with E-state index in [4.69, 9.17) is 4.74 Å². The molecule has 2 rings (SSSR count). The summed E-state index contributed by atoms with van der Waals surface area (Å²) in [4.78, 5) is 25.0. The molecular formula is C15H20N2O3. The maximum absolute atomic E-state index is 12.2. The molecule has 5 heteroatoms. The summed E-state index contributed by atoms with van der Waals surface area (Å²) >= 11 is 0. The third kappa shape index (κ3) is 3.73. The summed E-state index contributed by atoms with van der Waals surface area (Å²) in [6, 6.07) is 7.01. The number of benzene rings is 1. The van der Waals surface area contributed by atoms with Crippen molar-refractivity contribution in [3.63, 3.8) is 0 Å². The fourth-order valence-electron chi connectivity index (χ4n) is 2.40. The van der Waals surface area contributed by atoms with Crippen LogP contribution in [0, 0.1) is 0 Å². The van der Waals surface area contributed by atoms with Crippen LogP contribution in [0.25, 0.3) is 0 Å². The van der Waals surface area contributed by atoms with Crippen molar-refractivity contribution in [2.24, 2.45) is 0 Å². The van der Waals surface area contributed by atoms with Gasteiger partial charge in [0.15, 0.2) is 0 Å². The zero-order valence-corrected chi connectivity index (χ0v) is 11.9. The van der Waals surface area contributed by atoms with E-state index in [1.54, 1.807) is 24.3 Å². The van der Waals surface area contributed by atoms with Gasteiger partial charge in [-0.05, 0) is 38.3 Å². The highest BCUT2D eigenvalue weighted by Gasteiger charge is 2.23. The van der Waals surface area contributed by atoms with Crippen molar-refractivity contribution >= 4 is 17.7 Å². The van der Waals surface area contributed by atoms with Crippen molar-refractivity contribution in [1.29, 1.82) is 0 Å². The molecule has 0 aromatic heterocycles. The number of anilines is 1. The lowest BCUT2D eigenvalue weighted by Crippen LogP contribution is -2.44. The first-order chi connectivity index (χ1) is 9.56. The highest BCUT2D eigenvalue weighted by molar-refractivity contribution is 5.89. The molecule has 0 saturated carbocycles. The SMILES string of the molecule is CC(=O)Oc1cccc(NC(=O)N2CCCCC2C)c1.